The summed E-state index contributed by atoms with van der Waals surface area (Å²) >= 11 is 0. The van der Waals surface area contributed by atoms with Crippen molar-refractivity contribution in [1.82, 2.24) is 10.2 Å². The van der Waals surface area contributed by atoms with E-state index in [1.807, 2.05) is 6.08 Å². The second-order valence-corrected chi connectivity index (χ2v) is 19.4. The van der Waals surface area contributed by atoms with E-state index in [2.05, 4.69) is 54.4 Å². The van der Waals surface area contributed by atoms with E-state index in [4.69, 9.17) is 18.9 Å². The van der Waals surface area contributed by atoms with E-state index >= 15 is 0 Å². The smallest absolute Gasteiger partial charge is 0.407 e. The lowest BCUT2D eigenvalue weighted by Gasteiger charge is -2.59. The van der Waals surface area contributed by atoms with Crippen LogP contribution in [0.25, 0.3) is 0 Å². The number of piperidine rings is 1. The standard InChI is InChI=1S/C32H44O7.C15H20N2O2/c1-18(2)28(36)37-17-25(35)32-26(38-29(39-32)19-8-6-5-7-9-19)15-23-22-11-10-20-14-21(33)12-13-30(20,3)27(22)24(34)16-31(23,32)4;18-14-16-12-15(19-14)7-10-17(11-8-15)9-6-13-4-2-1-3-5-13/h12-14,18-19,22-24,26-27,29,34H,5-11,15-17H2,1-4H3;1-5H,6-12H2,(H,16,18)/t22-,23-,24-,26+,27+,29+,30-,31-,32+;/m0./s1. The van der Waals surface area contributed by atoms with Crippen LogP contribution in [0.15, 0.2) is 54.1 Å². The largest absolute Gasteiger partial charge is 0.457 e. The van der Waals surface area contributed by atoms with E-state index in [1.165, 1.54) is 12.0 Å². The number of likely N-dealkylation sites (tertiary alicyclic amines) is 1. The van der Waals surface area contributed by atoms with Crippen molar-refractivity contribution < 1.29 is 43.2 Å². The van der Waals surface area contributed by atoms with E-state index in [0.29, 0.717) is 19.4 Å². The van der Waals surface area contributed by atoms with E-state index < -0.39 is 35.5 Å². The third kappa shape index (κ3) is 7.40. The number of carbonyl (C=O) groups is 4. The van der Waals surface area contributed by atoms with Crippen LogP contribution in [0, 0.1) is 40.4 Å². The van der Waals surface area contributed by atoms with E-state index in [-0.39, 0.29) is 64.9 Å². The number of hydrogen-bond donors (Lipinski definition) is 2. The Kier molecular flexibility index (Phi) is 11.6. The number of ether oxygens (including phenoxy) is 4. The highest BCUT2D eigenvalue weighted by Gasteiger charge is 2.76. The van der Waals surface area contributed by atoms with Gasteiger partial charge in [0.15, 0.2) is 24.3 Å². The molecule has 1 aromatic carbocycles. The van der Waals surface area contributed by atoms with Crippen molar-refractivity contribution in [3.05, 3.63) is 59.7 Å². The second-order valence-electron chi connectivity index (χ2n) is 19.4. The third-order valence-electron chi connectivity index (χ3n) is 15.7. The first-order chi connectivity index (χ1) is 27.8. The Morgan fingerprint density at radius 3 is 2.47 bits per heavy atom. The van der Waals surface area contributed by atoms with E-state index in [9.17, 15) is 24.3 Å². The van der Waals surface area contributed by atoms with Gasteiger partial charge in [-0.1, -0.05) is 88.9 Å². The van der Waals surface area contributed by atoms with Crippen molar-refractivity contribution in [3.63, 3.8) is 0 Å². The predicted octanol–water partition coefficient (Wildman–Crippen LogP) is 6.51. The fourth-order valence-electron chi connectivity index (χ4n) is 12.5. The summed E-state index contributed by atoms with van der Waals surface area (Å²) in [6, 6.07) is 10.6. The van der Waals surface area contributed by atoms with Crippen LogP contribution in [0.4, 0.5) is 4.79 Å². The number of hydrogen-bond acceptors (Lipinski definition) is 10. The van der Waals surface area contributed by atoms with Gasteiger partial charge in [0.2, 0.25) is 5.78 Å². The molecule has 0 radical (unpaired) electrons. The average Bonchev–Trinajstić information content (AvgIpc) is 3.86. The Bertz CT molecular complexity index is 1780. The number of aliphatic hydroxyl groups excluding tert-OH is 1. The van der Waals surface area contributed by atoms with Gasteiger partial charge in [-0.3, -0.25) is 14.4 Å². The average molecular weight is 801 g/mol. The van der Waals surface area contributed by atoms with Crippen molar-refractivity contribution in [2.75, 3.05) is 32.8 Å². The monoisotopic (exact) mass is 800 g/mol. The Balaban J connectivity index is 0.000000206. The molecule has 1 amide bonds. The zero-order valence-electron chi connectivity index (χ0n) is 34.9. The fraction of sp³-hybridized carbons (Fsp3) is 0.702. The first-order valence-corrected chi connectivity index (χ1v) is 22.2. The van der Waals surface area contributed by atoms with Gasteiger partial charge in [-0.2, -0.15) is 0 Å². The van der Waals surface area contributed by atoms with Crippen molar-refractivity contribution >= 4 is 23.6 Å². The van der Waals surface area contributed by atoms with Gasteiger partial charge in [0.25, 0.3) is 0 Å². The van der Waals surface area contributed by atoms with Gasteiger partial charge in [-0.05, 0) is 74.5 Å². The summed E-state index contributed by atoms with van der Waals surface area (Å²) < 4.78 is 24.5. The highest BCUT2D eigenvalue weighted by atomic mass is 16.7. The maximum Gasteiger partial charge on any atom is 0.407 e. The summed E-state index contributed by atoms with van der Waals surface area (Å²) in [5.41, 5.74) is -0.0240. The molecule has 9 rings (SSSR count). The van der Waals surface area contributed by atoms with Crippen LogP contribution in [0.3, 0.4) is 0 Å². The third-order valence-corrected chi connectivity index (χ3v) is 15.7. The number of nitrogens with one attached hydrogen (secondary N) is 1. The van der Waals surface area contributed by atoms with Gasteiger partial charge >= 0.3 is 12.1 Å². The Morgan fingerprint density at radius 2 is 1.78 bits per heavy atom. The van der Waals surface area contributed by atoms with Crippen molar-refractivity contribution in [2.45, 2.75) is 134 Å². The maximum atomic E-state index is 14.2. The van der Waals surface area contributed by atoms with E-state index in [1.54, 1.807) is 26.0 Å². The van der Waals surface area contributed by atoms with Gasteiger partial charge in [0.1, 0.15) is 5.60 Å². The first kappa shape index (κ1) is 41.4. The molecule has 7 fully saturated rings. The van der Waals surface area contributed by atoms with Gasteiger partial charge in [-0.25, -0.2) is 4.79 Å². The topological polar surface area (TPSA) is 141 Å². The lowest BCUT2D eigenvalue weighted by atomic mass is 9.46. The van der Waals surface area contributed by atoms with Gasteiger partial charge in [0, 0.05) is 55.1 Å². The Labute approximate surface area is 343 Å². The molecular weight excluding hydrogens is 737 g/mol. The molecule has 0 aromatic heterocycles. The minimum absolute atomic E-state index is 0.0162. The number of amides is 1. The fourth-order valence-corrected chi connectivity index (χ4v) is 12.5. The lowest BCUT2D eigenvalue weighted by molar-refractivity contribution is -0.210. The maximum absolute atomic E-state index is 14.2. The van der Waals surface area contributed by atoms with Crippen LogP contribution < -0.4 is 5.32 Å². The number of nitrogens with zero attached hydrogens (tertiary/aromatic N) is 1. The summed E-state index contributed by atoms with van der Waals surface area (Å²) in [6.07, 6.45) is 14.9. The molecule has 58 heavy (non-hydrogen) atoms. The van der Waals surface area contributed by atoms with Crippen molar-refractivity contribution in [3.8, 4) is 0 Å². The van der Waals surface area contributed by atoms with Crippen molar-refractivity contribution in [2.24, 2.45) is 40.4 Å². The molecular formula is C47H64N2O9. The molecule has 0 bridgehead atoms. The van der Waals surface area contributed by atoms with Crippen LogP contribution in [0.5, 0.6) is 0 Å². The lowest BCUT2D eigenvalue weighted by Crippen LogP contribution is -2.63. The summed E-state index contributed by atoms with van der Waals surface area (Å²) in [5.74, 6) is -0.471. The normalized spacial score (nSPS) is 37.7. The summed E-state index contributed by atoms with van der Waals surface area (Å²) in [7, 11) is 0. The highest BCUT2D eigenvalue weighted by molar-refractivity contribution is 6.01. The number of aliphatic hydroxyl groups is 1. The van der Waals surface area contributed by atoms with Gasteiger partial charge in [-0.15, -0.1) is 0 Å². The number of esters is 1. The summed E-state index contributed by atoms with van der Waals surface area (Å²) in [4.78, 5) is 52.4. The van der Waals surface area contributed by atoms with Crippen LogP contribution in [0.2, 0.25) is 0 Å². The number of alkyl carbamates (subject to hydrolysis) is 1. The molecule has 316 valence electrons. The van der Waals surface area contributed by atoms with Crippen LogP contribution in [-0.4, -0.2) is 96.1 Å². The number of allylic oxidation sites excluding steroid dienone is 4. The predicted molar refractivity (Wildman–Crippen MR) is 216 cm³/mol. The minimum atomic E-state index is -1.25. The molecule has 5 aliphatic carbocycles. The minimum Gasteiger partial charge on any atom is -0.457 e. The Morgan fingerprint density at radius 1 is 1.03 bits per heavy atom. The van der Waals surface area contributed by atoms with Gasteiger partial charge in [0.05, 0.1) is 24.7 Å². The molecule has 9 atom stereocenters. The van der Waals surface area contributed by atoms with Crippen LogP contribution in [-0.2, 0) is 39.8 Å². The highest BCUT2D eigenvalue weighted by Crippen LogP contribution is 2.70. The molecule has 11 heteroatoms. The number of rotatable bonds is 8. The van der Waals surface area contributed by atoms with Gasteiger partial charge < -0.3 is 34.3 Å². The molecule has 0 unspecified atom stereocenters. The quantitative estimate of drug-likeness (QED) is 0.280. The molecule has 3 saturated heterocycles. The SMILES string of the molecule is CC(C)C(=O)OCC(=O)[C@@]12O[C@H](C3CCCCC3)O[C@@H]1C[C@H]1[C@@H]3CCC4=CC(=O)C=C[C@]4(C)[C@H]3[C@@H](O)C[C@@]12C.O=C1NCC2(CCN(CCc3ccccc3)CC2)O1. The summed E-state index contributed by atoms with van der Waals surface area (Å²) in [5, 5.41) is 14.6. The first-order valence-electron chi connectivity index (χ1n) is 22.2. The number of ketones is 2. The second kappa shape index (κ2) is 16.2. The van der Waals surface area contributed by atoms with Crippen LogP contribution >= 0.6 is 0 Å². The number of benzene rings is 1. The Hall–Kier alpha value is -3.38. The molecule has 1 spiro atoms. The molecule has 1 aromatic rings. The molecule has 2 N–H and O–H groups in total. The zero-order chi connectivity index (χ0) is 40.9. The summed E-state index contributed by atoms with van der Waals surface area (Å²) in [6.45, 7) is 11.2. The number of fused-ring (bicyclic) bond motifs is 7. The molecule has 3 heterocycles. The van der Waals surface area contributed by atoms with Crippen LogP contribution in [0.1, 0.15) is 104 Å². The molecule has 11 nitrogen and oxygen atoms in total. The van der Waals surface area contributed by atoms with E-state index in [0.717, 1.165) is 83.0 Å². The van der Waals surface area contributed by atoms with Crippen molar-refractivity contribution in [1.29, 1.82) is 0 Å². The zero-order valence-corrected chi connectivity index (χ0v) is 34.9. The molecule has 8 aliphatic rings. The number of carbonyl (C=O) groups excluding carboxylic acids is 4. The molecule has 4 saturated carbocycles. The molecule has 3 aliphatic heterocycles. The number of Topliss-reactive ketones (excluding diaryl/α,β-unsaturated/α-hetero) is 1.